The molecule has 0 aliphatic carbocycles. The number of hydrogen-bond donors (Lipinski definition) is 0. The van der Waals surface area contributed by atoms with Gasteiger partial charge in [-0.25, -0.2) is 8.42 Å². The first-order valence-corrected chi connectivity index (χ1v) is 6.77. The first kappa shape index (κ1) is 12.8. The highest BCUT2D eigenvalue weighted by atomic mass is 32.2. The van der Waals surface area contributed by atoms with Crippen LogP contribution in [0.15, 0.2) is 24.4 Å². The molecule has 0 aliphatic rings. The summed E-state index contributed by atoms with van der Waals surface area (Å²) in [6.45, 7) is 2.85. The number of carbonyl (C=O) groups excluding carboxylic acids is 1. The highest BCUT2D eigenvalue weighted by molar-refractivity contribution is 7.92. The molecule has 0 fully saturated rings. The molecule has 4 nitrogen and oxygen atoms in total. The molecule has 0 radical (unpaired) electrons. The minimum absolute atomic E-state index is 0.0426. The van der Waals surface area contributed by atoms with Gasteiger partial charge in [0.25, 0.3) is 0 Å². The van der Waals surface area contributed by atoms with E-state index in [9.17, 15) is 13.2 Å². The summed E-state index contributed by atoms with van der Waals surface area (Å²) in [6.07, 6.45) is 2.69. The van der Waals surface area contributed by atoms with Gasteiger partial charge >= 0.3 is 0 Å². The van der Waals surface area contributed by atoms with E-state index in [1.165, 1.54) is 13.8 Å². The zero-order chi connectivity index (χ0) is 12.4. The molecular formula is C11H15NO3S. The van der Waals surface area contributed by atoms with Gasteiger partial charge in [-0.2, -0.15) is 0 Å². The fraction of sp³-hybridized carbons (Fsp3) is 0.455. The van der Waals surface area contributed by atoms with Crippen LogP contribution >= 0.6 is 0 Å². The molecule has 0 amide bonds. The van der Waals surface area contributed by atoms with Crippen LogP contribution in [0, 0.1) is 0 Å². The number of aromatic nitrogens is 1. The van der Waals surface area contributed by atoms with Gasteiger partial charge in [-0.15, -0.1) is 0 Å². The summed E-state index contributed by atoms with van der Waals surface area (Å²) in [5, 5.41) is 0. The van der Waals surface area contributed by atoms with E-state index in [1.807, 2.05) is 0 Å². The Morgan fingerprint density at radius 1 is 1.38 bits per heavy atom. The smallest absolute Gasteiger partial charge is 0.159 e. The zero-order valence-corrected chi connectivity index (χ0v) is 10.4. The van der Waals surface area contributed by atoms with Gasteiger partial charge in [0, 0.05) is 18.1 Å². The largest absolute Gasteiger partial charge is 0.298 e. The first-order valence-electron chi connectivity index (χ1n) is 4.88. The number of Topliss-reactive ketones (excluding diaryl/α,β-unsaturated/α-hetero) is 1. The van der Waals surface area contributed by atoms with Gasteiger partial charge in [-0.3, -0.25) is 9.78 Å². The highest BCUT2D eigenvalue weighted by Crippen LogP contribution is 2.18. The zero-order valence-electron chi connectivity index (χ0n) is 9.60. The lowest BCUT2D eigenvalue weighted by Gasteiger charge is -2.20. The van der Waals surface area contributed by atoms with E-state index in [0.717, 1.165) is 6.26 Å². The first-order chi connectivity index (χ1) is 7.25. The fourth-order valence-electron chi connectivity index (χ4n) is 1.09. The van der Waals surface area contributed by atoms with Crippen LogP contribution in [-0.2, 0) is 21.1 Å². The normalized spacial score (nSPS) is 12.4. The van der Waals surface area contributed by atoms with Gasteiger partial charge in [0.05, 0.1) is 6.42 Å². The number of hydrogen-bond acceptors (Lipinski definition) is 4. The van der Waals surface area contributed by atoms with Crippen molar-refractivity contribution >= 4 is 15.6 Å². The van der Waals surface area contributed by atoms with Crippen molar-refractivity contribution in [3.05, 3.63) is 30.1 Å². The van der Waals surface area contributed by atoms with Crippen LogP contribution in [-0.4, -0.2) is 30.2 Å². The Bertz CT molecular complexity index is 477. The maximum absolute atomic E-state index is 11.9. The van der Waals surface area contributed by atoms with Crippen molar-refractivity contribution in [1.29, 1.82) is 0 Å². The molecule has 1 aromatic rings. The average Bonchev–Trinajstić information content (AvgIpc) is 2.17. The maximum atomic E-state index is 11.9. The highest BCUT2D eigenvalue weighted by Gasteiger charge is 2.37. The molecule has 0 aromatic carbocycles. The van der Waals surface area contributed by atoms with E-state index in [0.29, 0.717) is 5.69 Å². The fourth-order valence-corrected chi connectivity index (χ4v) is 1.57. The molecule has 1 rings (SSSR count). The van der Waals surface area contributed by atoms with Gasteiger partial charge in [0.15, 0.2) is 15.6 Å². The van der Waals surface area contributed by atoms with Crippen molar-refractivity contribution in [2.75, 3.05) is 6.26 Å². The predicted molar refractivity (Wildman–Crippen MR) is 61.9 cm³/mol. The Labute approximate surface area is 95.6 Å². The van der Waals surface area contributed by atoms with Crippen molar-refractivity contribution < 1.29 is 13.2 Å². The second-order valence-electron chi connectivity index (χ2n) is 4.20. The lowest BCUT2D eigenvalue weighted by Crippen LogP contribution is -2.41. The number of rotatable bonds is 4. The van der Waals surface area contributed by atoms with Gasteiger partial charge < -0.3 is 0 Å². The third-order valence-electron chi connectivity index (χ3n) is 2.67. The molecule has 1 heterocycles. The molecule has 5 heteroatoms. The Hall–Kier alpha value is -1.23. The van der Waals surface area contributed by atoms with Gasteiger partial charge in [-0.05, 0) is 26.0 Å². The van der Waals surface area contributed by atoms with Crippen LogP contribution in [0.1, 0.15) is 19.5 Å². The summed E-state index contributed by atoms with van der Waals surface area (Å²) < 4.78 is 21.5. The summed E-state index contributed by atoms with van der Waals surface area (Å²) in [5.41, 5.74) is 0.587. The van der Waals surface area contributed by atoms with E-state index in [2.05, 4.69) is 4.98 Å². The molecule has 0 saturated carbocycles. The quantitative estimate of drug-likeness (QED) is 0.789. The van der Waals surface area contributed by atoms with Gasteiger partial charge in [0.2, 0.25) is 0 Å². The van der Waals surface area contributed by atoms with E-state index < -0.39 is 14.6 Å². The van der Waals surface area contributed by atoms with Crippen molar-refractivity contribution in [1.82, 2.24) is 4.98 Å². The Kier molecular flexibility index (Phi) is 3.48. The van der Waals surface area contributed by atoms with Crippen LogP contribution in [0.2, 0.25) is 0 Å². The van der Waals surface area contributed by atoms with Crippen molar-refractivity contribution in [3.63, 3.8) is 0 Å². The molecule has 0 N–H and O–H groups in total. The number of nitrogens with zero attached hydrogens (tertiary/aromatic N) is 1. The maximum Gasteiger partial charge on any atom is 0.159 e. The van der Waals surface area contributed by atoms with Gasteiger partial charge in [-0.1, -0.05) is 6.07 Å². The van der Waals surface area contributed by atoms with E-state index in [4.69, 9.17) is 0 Å². The Balaban J connectivity index is 2.90. The molecule has 16 heavy (non-hydrogen) atoms. The number of ketones is 1. The Morgan fingerprint density at radius 2 is 2.00 bits per heavy atom. The standard InChI is InChI=1S/C11H15NO3S/c1-11(2,16(3,14)15)10(13)8-9-6-4-5-7-12-9/h4-7H,8H2,1-3H3. The second-order valence-corrected chi connectivity index (χ2v) is 6.77. The van der Waals surface area contributed by atoms with Crippen molar-refractivity contribution in [3.8, 4) is 0 Å². The third-order valence-corrected chi connectivity index (χ3v) is 4.75. The minimum atomic E-state index is -3.40. The summed E-state index contributed by atoms with van der Waals surface area (Å²) >= 11 is 0. The third kappa shape index (κ3) is 2.66. The predicted octanol–water partition coefficient (Wildman–Crippen LogP) is 1.02. The lowest BCUT2D eigenvalue weighted by atomic mass is 10.0. The molecular weight excluding hydrogens is 226 g/mol. The van der Waals surface area contributed by atoms with Crippen LogP contribution in [0.25, 0.3) is 0 Å². The Morgan fingerprint density at radius 3 is 2.44 bits per heavy atom. The van der Waals surface area contributed by atoms with Crippen LogP contribution < -0.4 is 0 Å². The second kappa shape index (κ2) is 4.33. The minimum Gasteiger partial charge on any atom is -0.298 e. The SMILES string of the molecule is CC(C)(C(=O)Cc1ccccn1)S(C)(=O)=O. The van der Waals surface area contributed by atoms with Crippen LogP contribution in [0.4, 0.5) is 0 Å². The number of sulfone groups is 1. The summed E-state index contributed by atoms with van der Waals surface area (Å²) in [7, 11) is -3.40. The molecule has 0 saturated heterocycles. The summed E-state index contributed by atoms with van der Waals surface area (Å²) in [5.74, 6) is -0.339. The van der Waals surface area contributed by atoms with Crippen molar-refractivity contribution in [2.45, 2.75) is 25.0 Å². The van der Waals surface area contributed by atoms with E-state index >= 15 is 0 Å². The van der Waals surface area contributed by atoms with Gasteiger partial charge in [0.1, 0.15) is 4.75 Å². The topological polar surface area (TPSA) is 64.1 Å². The van der Waals surface area contributed by atoms with Crippen LogP contribution in [0.3, 0.4) is 0 Å². The monoisotopic (exact) mass is 241 g/mol. The molecule has 0 spiro atoms. The number of carbonyl (C=O) groups is 1. The molecule has 88 valence electrons. The van der Waals surface area contributed by atoms with E-state index in [-0.39, 0.29) is 12.2 Å². The lowest BCUT2D eigenvalue weighted by molar-refractivity contribution is -0.120. The summed E-state index contributed by atoms with van der Waals surface area (Å²) in [6, 6.07) is 5.22. The average molecular weight is 241 g/mol. The van der Waals surface area contributed by atoms with E-state index in [1.54, 1.807) is 24.4 Å². The molecule has 0 bridgehead atoms. The van der Waals surface area contributed by atoms with Crippen molar-refractivity contribution in [2.24, 2.45) is 0 Å². The molecule has 1 aromatic heterocycles. The molecule has 0 atom stereocenters. The van der Waals surface area contributed by atoms with Crippen LogP contribution in [0.5, 0.6) is 0 Å². The summed E-state index contributed by atoms with van der Waals surface area (Å²) in [4.78, 5) is 15.9. The number of pyridine rings is 1. The molecule has 0 unspecified atom stereocenters. The molecule has 0 aliphatic heterocycles.